The predicted molar refractivity (Wildman–Crippen MR) is 88.0 cm³/mol. The van der Waals surface area contributed by atoms with Gasteiger partial charge in [0, 0.05) is 11.5 Å². The number of Topliss-reactive ketones (excluding diaryl/α,β-unsaturated/α-hetero) is 1. The molecule has 118 valence electrons. The van der Waals surface area contributed by atoms with Gasteiger partial charge in [-0.1, -0.05) is 32.9 Å². The maximum atomic E-state index is 11.7. The first-order chi connectivity index (χ1) is 9.80. The molecule has 0 saturated heterocycles. The minimum Gasteiger partial charge on any atom is -0.497 e. The van der Waals surface area contributed by atoms with Gasteiger partial charge in [0.05, 0.1) is 7.11 Å². The molecule has 1 N–H and O–H groups in total. The maximum Gasteiger partial charge on any atom is 0.135 e. The molecule has 0 spiro atoms. The second-order valence-electron chi connectivity index (χ2n) is 6.54. The molecule has 3 heteroatoms. The average molecular weight is 291 g/mol. The topological polar surface area (TPSA) is 38.3 Å². The van der Waals surface area contributed by atoms with Crippen molar-refractivity contribution in [3.8, 4) is 5.75 Å². The van der Waals surface area contributed by atoms with E-state index in [1.807, 2.05) is 33.0 Å². The first-order valence-electron chi connectivity index (χ1n) is 7.62. The highest BCUT2D eigenvalue weighted by Crippen LogP contribution is 2.29. The summed E-state index contributed by atoms with van der Waals surface area (Å²) in [5.74, 6) is 1.57. The number of ketones is 1. The molecule has 0 aromatic heterocycles. The van der Waals surface area contributed by atoms with Gasteiger partial charge in [0.2, 0.25) is 0 Å². The Morgan fingerprint density at radius 2 is 1.86 bits per heavy atom. The van der Waals surface area contributed by atoms with E-state index in [4.69, 9.17) is 4.74 Å². The van der Waals surface area contributed by atoms with Crippen LogP contribution in [0.5, 0.6) is 5.75 Å². The normalized spacial score (nSPS) is 14.6. The fourth-order valence-electron chi connectivity index (χ4n) is 2.56. The molecular weight excluding hydrogens is 262 g/mol. The lowest BCUT2D eigenvalue weighted by Crippen LogP contribution is -2.35. The van der Waals surface area contributed by atoms with Gasteiger partial charge in [0.25, 0.3) is 0 Å². The Morgan fingerprint density at radius 3 is 2.29 bits per heavy atom. The lowest BCUT2D eigenvalue weighted by atomic mass is 9.79. The maximum absolute atomic E-state index is 11.7. The Bertz CT molecular complexity index is 451. The molecule has 0 unspecified atom stereocenters. The molecule has 0 amide bonds. The summed E-state index contributed by atoms with van der Waals surface area (Å²) < 4.78 is 5.19. The fraction of sp³-hybridized carbons (Fsp3) is 0.611. The fourth-order valence-corrected chi connectivity index (χ4v) is 2.56. The molecule has 0 fully saturated rings. The monoisotopic (exact) mass is 291 g/mol. The predicted octanol–water partition coefficient (Wildman–Crippen LogP) is 3.78. The molecule has 0 heterocycles. The lowest BCUT2D eigenvalue weighted by molar-refractivity contribution is -0.125. The Balaban J connectivity index is 2.69. The number of benzene rings is 1. The first kappa shape index (κ1) is 17.7. The summed E-state index contributed by atoms with van der Waals surface area (Å²) in [4.78, 5) is 11.7. The Morgan fingerprint density at radius 1 is 1.29 bits per heavy atom. The van der Waals surface area contributed by atoms with Gasteiger partial charge in [-0.15, -0.1) is 0 Å². The summed E-state index contributed by atoms with van der Waals surface area (Å²) in [6, 6.07) is 8.57. The molecular formula is C18H29NO2. The van der Waals surface area contributed by atoms with Crippen molar-refractivity contribution in [3.05, 3.63) is 29.8 Å². The summed E-state index contributed by atoms with van der Waals surface area (Å²) in [6.45, 7) is 7.96. The van der Waals surface area contributed by atoms with Gasteiger partial charge in [-0.3, -0.25) is 4.79 Å². The molecule has 2 atom stereocenters. The standard InChI is InChI=1S/C18H29NO2/c1-13(15-7-9-17(21-6)10-8-15)11-16(19-5)12-18(3,4)14(2)20/h7-10,13,16,19H,11-12H2,1-6H3/t13-,16+/m1/s1. The van der Waals surface area contributed by atoms with Gasteiger partial charge in [0.1, 0.15) is 11.5 Å². The quantitative estimate of drug-likeness (QED) is 0.792. The van der Waals surface area contributed by atoms with Crippen molar-refractivity contribution in [3.63, 3.8) is 0 Å². The van der Waals surface area contributed by atoms with Crippen LogP contribution in [0.4, 0.5) is 0 Å². The second kappa shape index (κ2) is 7.60. The van der Waals surface area contributed by atoms with Crippen molar-refractivity contribution in [2.75, 3.05) is 14.2 Å². The Labute approximate surface area is 129 Å². The van der Waals surface area contributed by atoms with Gasteiger partial charge in [-0.25, -0.2) is 0 Å². The zero-order valence-electron chi connectivity index (χ0n) is 14.2. The van der Waals surface area contributed by atoms with Crippen molar-refractivity contribution in [2.45, 2.75) is 52.5 Å². The van der Waals surface area contributed by atoms with Crippen molar-refractivity contribution in [1.29, 1.82) is 0 Å². The molecule has 0 bridgehead atoms. The minimum absolute atomic E-state index is 0.250. The average Bonchev–Trinajstić information content (AvgIpc) is 2.46. The molecule has 1 aromatic carbocycles. The van der Waals surface area contributed by atoms with Gasteiger partial charge < -0.3 is 10.1 Å². The minimum atomic E-state index is -0.271. The summed E-state index contributed by atoms with van der Waals surface area (Å²) in [5, 5.41) is 3.36. The van der Waals surface area contributed by atoms with Crippen LogP contribution in [-0.2, 0) is 4.79 Å². The zero-order valence-corrected chi connectivity index (χ0v) is 14.2. The van der Waals surface area contributed by atoms with Crippen molar-refractivity contribution >= 4 is 5.78 Å². The van der Waals surface area contributed by atoms with E-state index in [1.165, 1.54) is 5.56 Å². The highest BCUT2D eigenvalue weighted by atomic mass is 16.5. The number of carbonyl (C=O) groups excluding carboxylic acids is 1. The third-order valence-electron chi connectivity index (χ3n) is 4.44. The highest BCUT2D eigenvalue weighted by Gasteiger charge is 2.28. The number of hydrogen-bond acceptors (Lipinski definition) is 3. The van der Waals surface area contributed by atoms with Crippen LogP contribution < -0.4 is 10.1 Å². The first-order valence-corrected chi connectivity index (χ1v) is 7.62. The van der Waals surface area contributed by atoms with Crippen LogP contribution in [0.15, 0.2) is 24.3 Å². The van der Waals surface area contributed by atoms with Crippen LogP contribution in [0.25, 0.3) is 0 Å². The summed E-state index contributed by atoms with van der Waals surface area (Å²) in [5.41, 5.74) is 1.03. The van der Waals surface area contributed by atoms with E-state index in [0.29, 0.717) is 12.0 Å². The number of carbonyl (C=O) groups is 1. The third-order valence-corrected chi connectivity index (χ3v) is 4.44. The zero-order chi connectivity index (χ0) is 16.0. The van der Waals surface area contributed by atoms with Crippen LogP contribution in [0.2, 0.25) is 0 Å². The van der Waals surface area contributed by atoms with Gasteiger partial charge in [-0.05, 0) is 50.4 Å². The van der Waals surface area contributed by atoms with E-state index < -0.39 is 0 Å². The van der Waals surface area contributed by atoms with Gasteiger partial charge in [0.15, 0.2) is 0 Å². The van der Waals surface area contributed by atoms with Crippen LogP contribution in [0, 0.1) is 5.41 Å². The summed E-state index contributed by atoms with van der Waals surface area (Å²) >= 11 is 0. The number of hydrogen-bond donors (Lipinski definition) is 1. The van der Waals surface area contributed by atoms with E-state index in [1.54, 1.807) is 14.0 Å². The third kappa shape index (κ3) is 5.16. The summed E-state index contributed by atoms with van der Waals surface area (Å²) in [7, 11) is 3.65. The summed E-state index contributed by atoms with van der Waals surface area (Å²) in [6.07, 6.45) is 1.87. The number of ether oxygens (including phenoxy) is 1. The van der Waals surface area contributed by atoms with E-state index in [9.17, 15) is 4.79 Å². The van der Waals surface area contributed by atoms with Crippen LogP contribution in [0.1, 0.15) is 52.0 Å². The van der Waals surface area contributed by atoms with E-state index in [2.05, 4.69) is 24.4 Å². The lowest BCUT2D eigenvalue weighted by Gasteiger charge is -2.29. The molecule has 0 aliphatic heterocycles. The van der Waals surface area contributed by atoms with E-state index >= 15 is 0 Å². The van der Waals surface area contributed by atoms with Crippen LogP contribution in [-0.4, -0.2) is 26.0 Å². The molecule has 0 aliphatic carbocycles. The number of methoxy groups -OCH3 is 1. The van der Waals surface area contributed by atoms with Gasteiger partial charge >= 0.3 is 0 Å². The SMILES string of the molecule is CN[C@@H](C[C@@H](C)c1ccc(OC)cc1)CC(C)(C)C(C)=O. The second-order valence-corrected chi connectivity index (χ2v) is 6.54. The molecule has 1 aromatic rings. The Kier molecular flexibility index (Phi) is 6.41. The molecule has 3 nitrogen and oxygen atoms in total. The smallest absolute Gasteiger partial charge is 0.135 e. The molecule has 0 radical (unpaired) electrons. The molecule has 0 saturated carbocycles. The van der Waals surface area contributed by atoms with E-state index in [-0.39, 0.29) is 11.2 Å². The highest BCUT2D eigenvalue weighted by molar-refractivity contribution is 5.81. The molecule has 21 heavy (non-hydrogen) atoms. The van der Waals surface area contributed by atoms with Gasteiger partial charge in [-0.2, -0.15) is 0 Å². The van der Waals surface area contributed by atoms with Crippen LogP contribution in [0.3, 0.4) is 0 Å². The van der Waals surface area contributed by atoms with Crippen molar-refractivity contribution < 1.29 is 9.53 Å². The molecule has 0 aliphatic rings. The number of nitrogens with one attached hydrogen (secondary N) is 1. The Hall–Kier alpha value is -1.35. The van der Waals surface area contributed by atoms with Crippen molar-refractivity contribution in [2.24, 2.45) is 5.41 Å². The number of rotatable bonds is 8. The van der Waals surface area contributed by atoms with E-state index in [0.717, 1.165) is 18.6 Å². The molecule has 1 rings (SSSR count). The largest absolute Gasteiger partial charge is 0.497 e. The van der Waals surface area contributed by atoms with Crippen LogP contribution >= 0.6 is 0 Å². The van der Waals surface area contributed by atoms with Crippen molar-refractivity contribution in [1.82, 2.24) is 5.32 Å².